The first-order chi connectivity index (χ1) is 6.43. The lowest BCUT2D eigenvalue weighted by molar-refractivity contribution is 0.100. The zero-order valence-electron chi connectivity index (χ0n) is 7.51. The van der Waals surface area contributed by atoms with E-state index in [-0.39, 0.29) is 16.5 Å². The van der Waals surface area contributed by atoms with Crippen LogP contribution in [0, 0.1) is 6.92 Å². The predicted octanol–water partition coefficient (Wildman–Crippen LogP) is 2.58. The van der Waals surface area contributed by atoms with Gasteiger partial charge in [-0.25, -0.2) is 18.7 Å². The fourth-order valence-electron chi connectivity index (χ4n) is 0.875. The van der Waals surface area contributed by atoms with Crippen molar-refractivity contribution in [2.75, 3.05) is 0 Å². The van der Waals surface area contributed by atoms with Crippen LogP contribution in [-0.2, 0) is 0 Å². The molecule has 0 aliphatic heterocycles. The van der Waals surface area contributed by atoms with E-state index in [0.29, 0.717) is 0 Å². The molecule has 0 aliphatic carbocycles. The molecule has 14 heavy (non-hydrogen) atoms. The molecule has 0 aliphatic rings. The Kier molecular flexibility index (Phi) is 3.10. The second-order valence-electron chi connectivity index (χ2n) is 2.71. The Morgan fingerprint density at radius 2 is 2.00 bits per heavy atom. The van der Waals surface area contributed by atoms with Crippen LogP contribution >= 0.6 is 11.6 Å². The number of nitrogens with zero attached hydrogens (tertiary/aromatic N) is 2. The van der Waals surface area contributed by atoms with Gasteiger partial charge in [-0.3, -0.25) is 4.79 Å². The summed E-state index contributed by atoms with van der Waals surface area (Å²) in [5, 5.41) is -0.111. The Morgan fingerprint density at radius 3 is 2.43 bits per heavy atom. The first-order valence-corrected chi connectivity index (χ1v) is 4.14. The van der Waals surface area contributed by atoms with E-state index in [9.17, 15) is 13.6 Å². The molecule has 0 atom stereocenters. The van der Waals surface area contributed by atoms with Gasteiger partial charge in [-0.1, -0.05) is 11.6 Å². The quantitative estimate of drug-likeness (QED) is 0.568. The lowest BCUT2D eigenvalue weighted by Crippen LogP contribution is -2.07. The molecule has 0 fully saturated rings. The number of carbonyl (C=O) groups is 1. The van der Waals surface area contributed by atoms with E-state index in [4.69, 9.17) is 11.6 Å². The van der Waals surface area contributed by atoms with E-state index < -0.39 is 17.9 Å². The highest BCUT2D eigenvalue weighted by molar-refractivity contribution is 6.30. The van der Waals surface area contributed by atoms with Gasteiger partial charge in [-0.05, 0) is 6.92 Å². The number of ketones is 1. The average Bonchev–Trinajstić information content (AvgIpc) is 2.08. The minimum Gasteiger partial charge on any atom is -0.291 e. The summed E-state index contributed by atoms with van der Waals surface area (Å²) in [6.45, 7) is 2.57. The third-order valence-corrected chi connectivity index (χ3v) is 2.01. The Labute approximate surface area is 84.1 Å². The Hall–Kier alpha value is -1.10. The van der Waals surface area contributed by atoms with Gasteiger partial charge in [0.2, 0.25) is 0 Å². The van der Waals surface area contributed by atoms with Crippen LogP contribution in [0.2, 0.25) is 5.15 Å². The van der Waals surface area contributed by atoms with Gasteiger partial charge < -0.3 is 0 Å². The molecule has 0 amide bonds. The minimum absolute atomic E-state index is 0.103. The summed E-state index contributed by atoms with van der Waals surface area (Å²) < 4.78 is 24.8. The summed E-state index contributed by atoms with van der Waals surface area (Å²) in [6, 6.07) is 0. The number of halogens is 3. The van der Waals surface area contributed by atoms with E-state index in [1.807, 2.05) is 0 Å². The number of hydrogen-bond donors (Lipinski definition) is 0. The van der Waals surface area contributed by atoms with Crippen molar-refractivity contribution in [3.05, 3.63) is 22.2 Å². The Bertz CT molecular complexity index is 382. The third kappa shape index (κ3) is 2.04. The van der Waals surface area contributed by atoms with Gasteiger partial charge in [0.05, 0.1) is 0 Å². The maximum Gasteiger partial charge on any atom is 0.280 e. The molecular weight excluding hydrogens is 214 g/mol. The number of Topliss-reactive ketones (excluding diaryl/α,β-unsaturated/α-hetero) is 1. The van der Waals surface area contributed by atoms with Gasteiger partial charge in [0, 0.05) is 12.5 Å². The first-order valence-electron chi connectivity index (χ1n) is 3.76. The SMILES string of the molecule is CC(=O)c1nc(Cl)c(C)c(C(F)F)n1. The number of rotatable bonds is 2. The maximum atomic E-state index is 12.4. The molecule has 76 valence electrons. The number of alkyl halides is 2. The molecule has 0 saturated carbocycles. The van der Waals surface area contributed by atoms with E-state index in [1.165, 1.54) is 13.8 Å². The van der Waals surface area contributed by atoms with Crippen molar-refractivity contribution in [3.63, 3.8) is 0 Å². The van der Waals surface area contributed by atoms with Crippen molar-refractivity contribution >= 4 is 17.4 Å². The fraction of sp³-hybridized carbons (Fsp3) is 0.375. The Morgan fingerprint density at radius 1 is 1.43 bits per heavy atom. The highest BCUT2D eigenvalue weighted by Gasteiger charge is 2.18. The normalized spacial score (nSPS) is 10.7. The highest BCUT2D eigenvalue weighted by atomic mass is 35.5. The molecule has 6 heteroatoms. The topological polar surface area (TPSA) is 42.9 Å². The summed E-state index contributed by atoms with van der Waals surface area (Å²) >= 11 is 5.57. The number of aromatic nitrogens is 2. The van der Waals surface area contributed by atoms with Crippen LogP contribution in [0.1, 0.15) is 35.2 Å². The van der Waals surface area contributed by atoms with Crippen LogP contribution < -0.4 is 0 Å². The van der Waals surface area contributed by atoms with E-state index in [0.717, 1.165) is 0 Å². The summed E-state index contributed by atoms with van der Waals surface area (Å²) in [6.07, 6.45) is -2.76. The summed E-state index contributed by atoms with van der Waals surface area (Å²) in [4.78, 5) is 17.9. The smallest absolute Gasteiger partial charge is 0.280 e. The summed E-state index contributed by atoms with van der Waals surface area (Å²) in [7, 11) is 0. The van der Waals surface area contributed by atoms with Crippen molar-refractivity contribution in [2.45, 2.75) is 20.3 Å². The first kappa shape index (κ1) is 11.0. The molecule has 1 rings (SSSR count). The molecular formula is C8H7ClF2N2O. The highest BCUT2D eigenvalue weighted by Crippen LogP contribution is 2.24. The third-order valence-electron chi connectivity index (χ3n) is 1.65. The molecule has 0 aromatic carbocycles. The zero-order chi connectivity index (χ0) is 10.9. The van der Waals surface area contributed by atoms with E-state index >= 15 is 0 Å². The number of carbonyl (C=O) groups excluding carboxylic acids is 1. The molecule has 1 aromatic heterocycles. The van der Waals surface area contributed by atoms with Crippen molar-refractivity contribution in [2.24, 2.45) is 0 Å². The van der Waals surface area contributed by atoms with Crippen LogP contribution in [-0.4, -0.2) is 15.8 Å². The second kappa shape index (κ2) is 3.96. The number of hydrogen-bond acceptors (Lipinski definition) is 3. The van der Waals surface area contributed by atoms with Crippen LogP contribution in [0.5, 0.6) is 0 Å². The molecule has 0 unspecified atom stereocenters. The van der Waals surface area contributed by atoms with Crippen LogP contribution in [0.4, 0.5) is 8.78 Å². The molecule has 1 heterocycles. The lowest BCUT2D eigenvalue weighted by Gasteiger charge is -2.06. The molecule has 0 spiro atoms. The standard InChI is InChI=1S/C8H7ClF2N2O/c1-3-5(7(10)11)12-8(4(2)14)13-6(3)9/h7H,1-2H3. The molecule has 1 aromatic rings. The second-order valence-corrected chi connectivity index (χ2v) is 3.06. The summed E-state index contributed by atoms with van der Waals surface area (Å²) in [5.41, 5.74) is -0.387. The maximum absolute atomic E-state index is 12.4. The average molecular weight is 221 g/mol. The largest absolute Gasteiger partial charge is 0.291 e. The van der Waals surface area contributed by atoms with Crippen molar-refractivity contribution in [1.82, 2.24) is 9.97 Å². The Balaban J connectivity index is 3.35. The predicted molar refractivity (Wildman–Crippen MR) is 46.7 cm³/mol. The van der Waals surface area contributed by atoms with Gasteiger partial charge in [-0.2, -0.15) is 0 Å². The van der Waals surface area contributed by atoms with Crippen molar-refractivity contribution in [3.8, 4) is 0 Å². The van der Waals surface area contributed by atoms with Crippen LogP contribution in [0.3, 0.4) is 0 Å². The van der Waals surface area contributed by atoms with E-state index in [1.54, 1.807) is 0 Å². The van der Waals surface area contributed by atoms with Gasteiger partial charge in [-0.15, -0.1) is 0 Å². The van der Waals surface area contributed by atoms with Crippen molar-refractivity contribution in [1.29, 1.82) is 0 Å². The monoisotopic (exact) mass is 220 g/mol. The van der Waals surface area contributed by atoms with Crippen LogP contribution in [0.15, 0.2) is 0 Å². The zero-order valence-corrected chi connectivity index (χ0v) is 8.27. The molecule has 0 bridgehead atoms. The molecule has 0 N–H and O–H groups in total. The lowest BCUT2D eigenvalue weighted by atomic mass is 10.2. The molecule has 0 radical (unpaired) electrons. The van der Waals surface area contributed by atoms with Gasteiger partial charge in [0.15, 0.2) is 11.6 Å². The van der Waals surface area contributed by atoms with Gasteiger partial charge in [0.25, 0.3) is 6.43 Å². The van der Waals surface area contributed by atoms with Gasteiger partial charge in [0.1, 0.15) is 10.8 Å². The van der Waals surface area contributed by atoms with Crippen molar-refractivity contribution < 1.29 is 13.6 Å². The summed E-state index contributed by atoms with van der Waals surface area (Å²) in [5.74, 6) is -0.773. The molecule has 3 nitrogen and oxygen atoms in total. The minimum atomic E-state index is -2.76. The fourth-order valence-corrected chi connectivity index (χ4v) is 1.05. The van der Waals surface area contributed by atoms with Gasteiger partial charge >= 0.3 is 0 Å². The van der Waals surface area contributed by atoms with E-state index in [2.05, 4.69) is 9.97 Å². The van der Waals surface area contributed by atoms with Crippen LogP contribution in [0.25, 0.3) is 0 Å². The molecule has 0 saturated heterocycles.